The highest BCUT2D eigenvalue weighted by Crippen LogP contribution is 2.25. The summed E-state index contributed by atoms with van der Waals surface area (Å²) in [7, 11) is 0. The Kier molecular flexibility index (Phi) is 12.9. The summed E-state index contributed by atoms with van der Waals surface area (Å²) in [5.74, 6) is -4.62. The lowest BCUT2D eigenvalue weighted by atomic mass is 9.98. The Balaban J connectivity index is 1.48. The molecule has 1 unspecified atom stereocenters. The summed E-state index contributed by atoms with van der Waals surface area (Å²) in [6, 6.07) is 25.0. The lowest BCUT2D eigenvalue weighted by Crippen LogP contribution is -2.49. The summed E-state index contributed by atoms with van der Waals surface area (Å²) in [5.41, 5.74) is 2.63. The molecular weight excluding hydrogens is 641 g/mol. The Morgan fingerprint density at radius 1 is 0.796 bits per heavy atom. The largest absolute Gasteiger partial charge is 0.508 e. The molecule has 0 aliphatic heterocycles. The van der Waals surface area contributed by atoms with Crippen LogP contribution in [-0.4, -0.2) is 52.6 Å². The van der Waals surface area contributed by atoms with Gasteiger partial charge in [0.15, 0.2) is 0 Å². The molecule has 0 saturated carbocycles. The molecule has 13 heteroatoms. The van der Waals surface area contributed by atoms with Crippen LogP contribution in [0, 0.1) is 0 Å². The van der Waals surface area contributed by atoms with Gasteiger partial charge in [0.2, 0.25) is 11.8 Å². The van der Waals surface area contributed by atoms with E-state index in [2.05, 4.69) is 25.7 Å². The number of unbranched alkanes of at least 4 members (excludes halogenated alkanes) is 1. The average Bonchev–Trinajstić information content (AvgIpc) is 3.09. The van der Waals surface area contributed by atoms with Crippen LogP contribution in [-0.2, 0) is 30.3 Å². The Morgan fingerprint density at radius 2 is 1.47 bits per heavy atom. The van der Waals surface area contributed by atoms with E-state index < -0.39 is 48.4 Å². The molecule has 0 saturated heterocycles. The molecule has 0 fully saturated rings. The zero-order valence-corrected chi connectivity index (χ0v) is 26.3. The number of hydrogen-bond donors (Lipinski definition) is 4. The molecule has 3 aromatic carbocycles. The van der Waals surface area contributed by atoms with Crippen LogP contribution in [0.1, 0.15) is 42.9 Å². The van der Waals surface area contributed by atoms with Crippen LogP contribution in [0.4, 0.5) is 19.0 Å². The van der Waals surface area contributed by atoms with E-state index in [1.807, 2.05) is 42.5 Å². The smallest absolute Gasteiger partial charge is 0.491 e. The zero-order chi connectivity index (χ0) is 35.2. The first kappa shape index (κ1) is 36.1. The molecule has 2 amide bonds. The summed E-state index contributed by atoms with van der Waals surface area (Å²) >= 11 is 0. The van der Waals surface area contributed by atoms with Crippen LogP contribution in [0.15, 0.2) is 103 Å². The number of aromatic nitrogens is 1. The summed E-state index contributed by atoms with van der Waals surface area (Å²) in [6.45, 7) is 0.569. The van der Waals surface area contributed by atoms with Crippen molar-refractivity contribution in [2.24, 2.45) is 0 Å². The van der Waals surface area contributed by atoms with Crippen LogP contribution in [0.2, 0.25) is 0 Å². The second-order valence-corrected chi connectivity index (χ2v) is 11.1. The van der Waals surface area contributed by atoms with E-state index in [9.17, 15) is 37.5 Å². The minimum atomic E-state index is -5.39. The van der Waals surface area contributed by atoms with Gasteiger partial charge in [0.1, 0.15) is 17.6 Å². The summed E-state index contributed by atoms with van der Waals surface area (Å²) < 4.78 is 42.4. The molecule has 2 atom stereocenters. The molecule has 0 bridgehead atoms. The number of hydrogen-bond acceptors (Lipinski definition) is 8. The first-order chi connectivity index (χ1) is 23.5. The first-order valence-corrected chi connectivity index (χ1v) is 15.5. The van der Waals surface area contributed by atoms with Gasteiger partial charge in [-0.1, -0.05) is 72.8 Å². The van der Waals surface area contributed by atoms with Gasteiger partial charge < -0.3 is 25.8 Å². The normalized spacial score (nSPS) is 12.3. The second-order valence-electron chi connectivity index (χ2n) is 11.1. The van der Waals surface area contributed by atoms with Crippen molar-refractivity contribution in [1.29, 1.82) is 0 Å². The number of anilines is 1. The standard InChI is InChI=1S/C36H35F3N4O6/c37-36(38,39)35(48)49-33(46)23-29(27-16-14-26(15-17-27)25-8-2-1-3-9-25)43-34(47)30(22-24-12-18-28(44)19-13-24)42-32(45)11-5-7-21-41-31-10-4-6-20-40-31/h1-4,6,8-10,12-20,29-30,44H,5,7,11,21-23H2,(H,40,41)(H,42,45)(H,43,47)/t29?,30-/m1/s1. The summed E-state index contributed by atoms with van der Waals surface area (Å²) in [5, 5.41) is 18.2. The SMILES string of the molecule is O=C(CCCCNc1ccccn1)N[C@H](Cc1ccc(O)cc1)C(=O)NC(CC(=O)OC(=O)C(F)(F)F)c1ccc(-c2ccccc2)cc1. The van der Waals surface area contributed by atoms with Crippen molar-refractivity contribution in [2.75, 3.05) is 11.9 Å². The van der Waals surface area contributed by atoms with Gasteiger partial charge >= 0.3 is 18.1 Å². The highest BCUT2D eigenvalue weighted by atomic mass is 19.4. The zero-order valence-electron chi connectivity index (χ0n) is 26.3. The molecule has 10 nitrogen and oxygen atoms in total. The van der Waals surface area contributed by atoms with Crippen LogP contribution in [0.25, 0.3) is 11.1 Å². The minimum absolute atomic E-state index is 0.000899. The van der Waals surface area contributed by atoms with Crippen molar-refractivity contribution in [2.45, 2.75) is 50.4 Å². The van der Waals surface area contributed by atoms with Gasteiger partial charge in [-0.05, 0) is 59.4 Å². The van der Waals surface area contributed by atoms with E-state index in [0.29, 0.717) is 36.3 Å². The summed E-state index contributed by atoms with van der Waals surface area (Å²) in [4.78, 5) is 54.7. The molecule has 0 spiro atoms. The number of ether oxygens (including phenoxy) is 1. The highest BCUT2D eigenvalue weighted by molar-refractivity contribution is 5.90. The van der Waals surface area contributed by atoms with Gasteiger partial charge in [-0.15, -0.1) is 0 Å². The van der Waals surface area contributed by atoms with Gasteiger partial charge in [0, 0.05) is 25.6 Å². The van der Waals surface area contributed by atoms with E-state index in [4.69, 9.17) is 0 Å². The van der Waals surface area contributed by atoms with E-state index in [-0.39, 0.29) is 18.6 Å². The molecule has 4 rings (SSSR count). The van der Waals surface area contributed by atoms with Gasteiger partial charge in [0.25, 0.3) is 0 Å². The third-order valence-electron chi connectivity index (χ3n) is 7.37. The lowest BCUT2D eigenvalue weighted by molar-refractivity contribution is -0.202. The first-order valence-electron chi connectivity index (χ1n) is 15.5. The number of nitrogens with zero attached hydrogens (tertiary/aromatic N) is 1. The van der Waals surface area contributed by atoms with Crippen LogP contribution in [0.5, 0.6) is 5.75 Å². The lowest BCUT2D eigenvalue weighted by Gasteiger charge is -2.24. The maximum Gasteiger partial charge on any atom is 0.491 e. The van der Waals surface area contributed by atoms with Gasteiger partial charge in [-0.25, -0.2) is 9.78 Å². The van der Waals surface area contributed by atoms with Crippen LogP contribution in [0.3, 0.4) is 0 Å². The molecule has 1 heterocycles. The quantitative estimate of drug-likeness (QED) is 0.0719. The van der Waals surface area contributed by atoms with Crippen molar-refractivity contribution < 1.29 is 42.2 Å². The monoisotopic (exact) mass is 676 g/mol. The number of esters is 2. The van der Waals surface area contributed by atoms with E-state index in [1.165, 1.54) is 12.1 Å². The maximum absolute atomic E-state index is 13.7. The third kappa shape index (κ3) is 11.8. The van der Waals surface area contributed by atoms with Gasteiger partial charge in [0.05, 0.1) is 12.5 Å². The van der Waals surface area contributed by atoms with E-state index >= 15 is 0 Å². The number of carbonyl (C=O) groups excluding carboxylic acids is 4. The number of carbonyl (C=O) groups is 4. The molecule has 256 valence electrons. The number of benzene rings is 3. The Hall–Kier alpha value is -5.72. The topological polar surface area (TPSA) is 147 Å². The van der Waals surface area contributed by atoms with Crippen LogP contribution < -0.4 is 16.0 Å². The number of alkyl halides is 3. The number of halogens is 3. The van der Waals surface area contributed by atoms with E-state index in [1.54, 1.807) is 48.7 Å². The molecule has 49 heavy (non-hydrogen) atoms. The molecule has 4 N–H and O–H groups in total. The summed E-state index contributed by atoms with van der Waals surface area (Å²) in [6.07, 6.45) is -3.31. The Labute approximate surface area is 280 Å². The van der Waals surface area contributed by atoms with Crippen molar-refractivity contribution in [1.82, 2.24) is 15.6 Å². The number of phenolic OH excluding ortho intramolecular Hbond substituents is 1. The van der Waals surface area contributed by atoms with E-state index in [0.717, 1.165) is 11.1 Å². The fourth-order valence-corrected chi connectivity index (χ4v) is 4.87. The number of nitrogens with one attached hydrogen (secondary N) is 3. The number of aromatic hydroxyl groups is 1. The molecule has 0 aliphatic rings. The maximum atomic E-state index is 13.7. The average molecular weight is 677 g/mol. The van der Waals surface area contributed by atoms with Crippen molar-refractivity contribution in [3.8, 4) is 16.9 Å². The minimum Gasteiger partial charge on any atom is -0.508 e. The fourth-order valence-electron chi connectivity index (χ4n) is 4.87. The highest BCUT2D eigenvalue weighted by Gasteiger charge is 2.42. The van der Waals surface area contributed by atoms with Gasteiger partial charge in [-0.3, -0.25) is 14.4 Å². The molecule has 4 aromatic rings. The molecule has 1 aromatic heterocycles. The fraction of sp³-hybridized carbons (Fsp3) is 0.250. The van der Waals surface area contributed by atoms with Crippen molar-refractivity contribution in [3.05, 3.63) is 114 Å². The molecule has 0 radical (unpaired) electrons. The number of amides is 2. The number of pyridine rings is 1. The number of phenols is 1. The van der Waals surface area contributed by atoms with Crippen molar-refractivity contribution in [3.63, 3.8) is 0 Å². The van der Waals surface area contributed by atoms with Crippen LogP contribution >= 0.6 is 0 Å². The molecular formula is C36H35F3N4O6. The Morgan fingerprint density at radius 3 is 2.12 bits per heavy atom. The van der Waals surface area contributed by atoms with Crippen molar-refractivity contribution >= 4 is 29.6 Å². The molecule has 0 aliphatic carbocycles. The second kappa shape index (κ2) is 17.4. The third-order valence-corrected chi connectivity index (χ3v) is 7.37. The van der Waals surface area contributed by atoms with Gasteiger partial charge in [-0.2, -0.15) is 13.2 Å². The predicted molar refractivity (Wildman–Crippen MR) is 175 cm³/mol. The predicted octanol–water partition coefficient (Wildman–Crippen LogP) is 5.64. The Bertz CT molecular complexity index is 1690. The number of rotatable bonds is 15.